The van der Waals surface area contributed by atoms with E-state index in [9.17, 15) is 9.90 Å². The maximum absolute atomic E-state index is 12.5. The first kappa shape index (κ1) is 15.9. The van der Waals surface area contributed by atoms with Gasteiger partial charge in [0.15, 0.2) is 11.1 Å². The number of carbonyl (C=O) groups excluding carboxylic acids is 1. The minimum absolute atomic E-state index is 0.107. The number of rotatable bonds is 4. The molecule has 122 valence electrons. The third kappa shape index (κ3) is 1.77. The fourth-order valence-electron chi connectivity index (χ4n) is 4.49. The second-order valence-electron chi connectivity index (χ2n) is 7.16. The van der Waals surface area contributed by atoms with Crippen LogP contribution in [0.3, 0.4) is 0 Å². The summed E-state index contributed by atoms with van der Waals surface area (Å²) < 4.78 is 5.83. The van der Waals surface area contributed by atoms with E-state index in [-0.39, 0.29) is 11.8 Å². The smallest absolute Gasteiger partial charge is 0.228 e. The summed E-state index contributed by atoms with van der Waals surface area (Å²) in [5, 5.41) is 14.2. The topological polar surface area (TPSA) is 58.6 Å². The van der Waals surface area contributed by atoms with Gasteiger partial charge in [0, 0.05) is 11.3 Å². The van der Waals surface area contributed by atoms with Crippen LogP contribution in [-0.2, 0) is 9.53 Å². The fourth-order valence-corrected chi connectivity index (χ4v) is 4.70. The van der Waals surface area contributed by atoms with Gasteiger partial charge in [-0.05, 0) is 32.6 Å². The van der Waals surface area contributed by atoms with E-state index in [1.807, 2.05) is 13.8 Å². The number of aliphatic hydroxyl groups is 1. The zero-order valence-corrected chi connectivity index (χ0v) is 13.9. The molecule has 5 atom stereocenters. The van der Waals surface area contributed by atoms with E-state index >= 15 is 0 Å². The zero-order chi connectivity index (χ0) is 16.2. The summed E-state index contributed by atoms with van der Waals surface area (Å²) in [6, 6.07) is 0. The Morgan fingerprint density at radius 1 is 1.59 bits per heavy atom. The van der Waals surface area contributed by atoms with Gasteiger partial charge in [-0.2, -0.15) is 0 Å². The van der Waals surface area contributed by atoms with Gasteiger partial charge in [0.25, 0.3) is 0 Å². The Hall–Kier alpha value is -1.00. The molecule has 2 N–H and O–H groups in total. The number of carbonyl (C=O) groups is 1. The maximum Gasteiger partial charge on any atom is 0.228 e. The van der Waals surface area contributed by atoms with Crippen molar-refractivity contribution < 1.29 is 14.6 Å². The summed E-state index contributed by atoms with van der Waals surface area (Å²) >= 11 is 5.85. The van der Waals surface area contributed by atoms with Crippen molar-refractivity contribution in [3.63, 3.8) is 0 Å². The Bertz CT molecular complexity index is 548. The van der Waals surface area contributed by atoms with Gasteiger partial charge in [-0.1, -0.05) is 25.7 Å². The predicted octanol–water partition coefficient (Wildman–Crippen LogP) is 2.51. The van der Waals surface area contributed by atoms with Crippen LogP contribution in [0.25, 0.3) is 0 Å². The highest BCUT2D eigenvalue weighted by Crippen LogP contribution is 2.59. The van der Waals surface area contributed by atoms with Crippen LogP contribution in [-0.4, -0.2) is 34.1 Å². The number of halogens is 1. The molecule has 0 spiro atoms. The molecule has 0 unspecified atom stereocenters. The predicted molar refractivity (Wildman–Crippen MR) is 85.4 cm³/mol. The molecule has 2 fully saturated rings. The van der Waals surface area contributed by atoms with Gasteiger partial charge < -0.3 is 15.2 Å². The summed E-state index contributed by atoms with van der Waals surface area (Å²) in [6.45, 7) is 7.86. The van der Waals surface area contributed by atoms with E-state index in [0.717, 1.165) is 19.3 Å². The molecule has 0 aromatic carbocycles. The van der Waals surface area contributed by atoms with Crippen molar-refractivity contribution in [1.82, 2.24) is 5.32 Å². The molecule has 0 saturated carbocycles. The monoisotopic (exact) mass is 325 g/mol. The molecule has 1 amide bonds. The van der Waals surface area contributed by atoms with Crippen LogP contribution in [0.2, 0.25) is 0 Å². The molecule has 0 aromatic rings. The Labute approximate surface area is 136 Å². The highest BCUT2D eigenvalue weighted by molar-refractivity contribution is 6.18. The highest BCUT2D eigenvalue weighted by Gasteiger charge is 2.76. The van der Waals surface area contributed by atoms with Gasteiger partial charge in [-0.25, -0.2) is 0 Å². The molecule has 1 aliphatic carbocycles. The van der Waals surface area contributed by atoms with Crippen LogP contribution >= 0.6 is 11.6 Å². The van der Waals surface area contributed by atoms with E-state index in [2.05, 4.69) is 24.0 Å². The lowest BCUT2D eigenvalue weighted by Crippen LogP contribution is -2.76. The Balaban J connectivity index is 2.00. The van der Waals surface area contributed by atoms with Crippen LogP contribution in [0.15, 0.2) is 24.5 Å². The van der Waals surface area contributed by atoms with Crippen LogP contribution in [0.4, 0.5) is 0 Å². The number of allylic oxidation sites excluding steroid dienone is 1. The molecule has 22 heavy (non-hydrogen) atoms. The van der Waals surface area contributed by atoms with Crippen molar-refractivity contribution in [1.29, 1.82) is 0 Å². The van der Waals surface area contributed by atoms with Crippen molar-refractivity contribution in [2.24, 2.45) is 11.3 Å². The second kappa shape index (κ2) is 5.00. The summed E-state index contributed by atoms with van der Waals surface area (Å²) in [5.74, 6) is 0.367. The number of ether oxygens (including phenoxy) is 1. The molecule has 2 saturated heterocycles. The van der Waals surface area contributed by atoms with Gasteiger partial charge >= 0.3 is 0 Å². The van der Waals surface area contributed by atoms with Gasteiger partial charge in [-0.3, -0.25) is 4.79 Å². The van der Waals surface area contributed by atoms with Gasteiger partial charge in [-0.15, -0.1) is 11.6 Å². The first-order valence-corrected chi connectivity index (χ1v) is 8.47. The number of hydrogen-bond donors (Lipinski definition) is 2. The lowest BCUT2D eigenvalue weighted by Gasteiger charge is -2.60. The Morgan fingerprint density at radius 3 is 2.86 bits per heavy atom. The minimum atomic E-state index is -0.919. The Kier molecular flexibility index (Phi) is 3.61. The average Bonchev–Trinajstić information content (AvgIpc) is 2.65. The van der Waals surface area contributed by atoms with Crippen molar-refractivity contribution in [3.05, 3.63) is 24.5 Å². The molecule has 0 radical (unpaired) electrons. The van der Waals surface area contributed by atoms with E-state index in [4.69, 9.17) is 16.3 Å². The van der Waals surface area contributed by atoms with Crippen molar-refractivity contribution >= 4 is 17.5 Å². The largest absolute Gasteiger partial charge is 0.486 e. The summed E-state index contributed by atoms with van der Waals surface area (Å²) in [4.78, 5) is 12.5. The lowest BCUT2D eigenvalue weighted by atomic mass is 9.59. The Morgan fingerprint density at radius 2 is 2.32 bits per heavy atom. The van der Waals surface area contributed by atoms with Crippen molar-refractivity contribution in [2.75, 3.05) is 5.88 Å². The van der Waals surface area contributed by atoms with Crippen LogP contribution in [0.5, 0.6) is 0 Å². The molecule has 3 aliphatic rings. The highest BCUT2D eigenvalue weighted by atomic mass is 35.5. The summed E-state index contributed by atoms with van der Waals surface area (Å²) in [7, 11) is 0. The molecule has 4 nitrogen and oxygen atoms in total. The van der Waals surface area contributed by atoms with E-state index in [1.165, 1.54) is 0 Å². The van der Waals surface area contributed by atoms with Gasteiger partial charge in [0.1, 0.15) is 5.76 Å². The summed E-state index contributed by atoms with van der Waals surface area (Å²) in [6.07, 6.45) is 6.88. The second-order valence-corrected chi connectivity index (χ2v) is 7.54. The average molecular weight is 326 g/mol. The first-order chi connectivity index (χ1) is 10.3. The molecular formula is C17H24ClNO3. The molecule has 0 aromatic heterocycles. The maximum atomic E-state index is 12.5. The van der Waals surface area contributed by atoms with Crippen LogP contribution in [0, 0.1) is 11.3 Å². The number of aliphatic hydroxyl groups excluding tert-OH is 1. The molecule has 3 rings (SSSR count). The number of amides is 1. The van der Waals surface area contributed by atoms with Crippen LogP contribution in [0.1, 0.15) is 39.5 Å². The van der Waals surface area contributed by atoms with E-state index in [0.29, 0.717) is 18.1 Å². The molecular weight excluding hydrogens is 302 g/mol. The third-order valence-electron chi connectivity index (χ3n) is 5.88. The van der Waals surface area contributed by atoms with E-state index in [1.54, 1.807) is 0 Å². The van der Waals surface area contributed by atoms with Gasteiger partial charge in [0.2, 0.25) is 5.91 Å². The minimum Gasteiger partial charge on any atom is -0.486 e. The molecule has 2 aliphatic heterocycles. The standard InChI is InChI=1S/C17H24ClNO3/c1-11-17(14(21)15(2)8-5-4-6-9-15)16(3,22-11)12(7-10-18)13(20)19-17/h5,8,12,14,21H,1,4,6-7,9-10H2,2-3H3,(H,19,20)/t12-,14-,15+,16-,17+/m0/s1. The lowest BCUT2D eigenvalue weighted by molar-refractivity contribution is -0.211. The summed E-state index contributed by atoms with van der Waals surface area (Å²) in [5.41, 5.74) is -2.10. The fraction of sp³-hybridized carbons (Fsp3) is 0.706. The van der Waals surface area contributed by atoms with Crippen molar-refractivity contribution in [3.8, 4) is 0 Å². The number of nitrogens with one attached hydrogen (secondary N) is 1. The van der Waals surface area contributed by atoms with Gasteiger partial charge in [0.05, 0.1) is 12.0 Å². The van der Waals surface area contributed by atoms with Crippen molar-refractivity contribution in [2.45, 2.75) is 56.8 Å². The third-order valence-corrected chi connectivity index (χ3v) is 6.10. The molecule has 5 heteroatoms. The number of fused-ring (bicyclic) bond motifs is 1. The molecule has 0 bridgehead atoms. The number of hydrogen-bond acceptors (Lipinski definition) is 3. The molecule has 2 heterocycles. The SMILES string of the molecule is C=C1O[C@@]2(C)[C@@H](CCCl)C(=O)N[C@@]12[C@@H](O)[C@]1(C)C=CCCC1. The van der Waals surface area contributed by atoms with E-state index < -0.39 is 22.7 Å². The van der Waals surface area contributed by atoms with Crippen LogP contribution < -0.4 is 5.32 Å². The first-order valence-electron chi connectivity index (χ1n) is 7.94. The normalized spacial score (nSPS) is 44.8. The number of alkyl halides is 1. The zero-order valence-electron chi connectivity index (χ0n) is 13.2. The quantitative estimate of drug-likeness (QED) is 0.617.